The molecule has 0 unspecified atom stereocenters. The normalized spacial score (nSPS) is 11.8. The third-order valence-corrected chi connectivity index (χ3v) is 2.56. The zero-order valence-corrected chi connectivity index (χ0v) is 12.2. The highest BCUT2D eigenvalue weighted by atomic mass is 32.1. The summed E-state index contributed by atoms with van der Waals surface area (Å²) in [4.78, 5) is 13.8. The Morgan fingerprint density at radius 2 is 1.50 bits per heavy atom. The maximum atomic E-state index is 11.8. The van der Waals surface area contributed by atoms with E-state index in [2.05, 4.69) is 33.0 Å². The topological polar surface area (TPSA) is 32.3 Å². The number of rotatable bonds is 2. The molecule has 1 N–H and O–H groups in total. The van der Waals surface area contributed by atoms with Gasteiger partial charge < -0.3 is 10.2 Å². The molecule has 0 saturated carbocycles. The number of carbonyl (C=O) groups is 1. The van der Waals surface area contributed by atoms with Crippen LogP contribution in [0.4, 0.5) is 0 Å². The van der Waals surface area contributed by atoms with Gasteiger partial charge in [0.2, 0.25) is 5.91 Å². The molecule has 1 amide bonds. The van der Waals surface area contributed by atoms with Crippen LogP contribution in [0.5, 0.6) is 0 Å². The van der Waals surface area contributed by atoms with E-state index in [-0.39, 0.29) is 18.0 Å². The van der Waals surface area contributed by atoms with Crippen LogP contribution in [0.15, 0.2) is 0 Å². The molecule has 0 aromatic heterocycles. The van der Waals surface area contributed by atoms with Gasteiger partial charge in [0.25, 0.3) is 0 Å². The SMILES string of the molecule is CC(C)N(C(=S)NC(=O)C(C)(C)C)C(C)C. The van der Waals surface area contributed by atoms with Crippen LogP contribution in [0.1, 0.15) is 48.5 Å². The van der Waals surface area contributed by atoms with Gasteiger partial charge in [0.1, 0.15) is 0 Å². The van der Waals surface area contributed by atoms with E-state index >= 15 is 0 Å². The number of nitrogens with zero attached hydrogens (tertiary/aromatic N) is 1. The van der Waals surface area contributed by atoms with Gasteiger partial charge in [-0.25, -0.2) is 0 Å². The van der Waals surface area contributed by atoms with Crippen molar-refractivity contribution in [1.82, 2.24) is 10.2 Å². The summed E-state index contributed by atoms with van der Waals surface area (Å²) in [5, 5.41) is 3.32. The fourth-order valence-electron chi connectivity index (χ4n) is 1.41. The monoisotopic (exact) mass is 244 g/mol. The Morgan fingerprint density at radius 1 is 1.12 bits per heavy atom. The van der Waals surface area contributed by atoms with Gasteiger partial charge in [-0.2, -0.15) is 0 Å². The molecular weight excluding hydrogens is 220 g/mol. The number of hydrogen-bond acceptors (Lipinski definition) is 2. The molecule has 0 aromatic rings. The minimum atomic E-state index is -0.413. The average molecular weight is 244 g/mol. The number of nitrogens with one attached hydrogen (secondary N) is 1. The van der Waals surface area contributed by atoms with Gasteiger partial charge in [0.05, 0.1) is 0 Å². The summed E-state index contributed by atoms with van der Waals surface area (Å²) in [5.41, 5.74) is -0.413. The zero-order chi connectivity index (χ0) is 13.1. The molecule has 4 heteroatoms. The van der Waals surface area contributed by atoms with Crippen molar-refractivity contribution in [2.24, 2.45) is 5.41 Å². The van der Waals surface area contributed by atoms with Gasteiger partial charge in [-0.05, 0) is 39.9 Å². The molecule has 3 nitrogen and oxygen atoms in total. The Balaban J connectivity index is 4.62. The Bertz CT molecular complexity index is 259. The molecule has 0 saturated heterocycles. The second kappa shape index (κ2) is 5.62. The van der Waals surface area contributed by atoms with Crippen LogP contribution in [0.2, 0.25) is 0 Å². The first-order valence-electron chi connectivity index (χ1n) is 5.71. The Hall–Kier alpha value is -0.640. The smallest absolute Gasteiger partial charge is 0.231 e. The molecule has 0 bridgehead atoms. The summed E-state index contributed by atoms with van der Waals surface area (Å²) in [7, 11) is 0. The van der Waals surface area contributed by atoms with E-state index in [1.807, 2.05) is 25.7 Å². The summed E-state index contributed by atoms with van der Waals surface area (Å²) >= 11 is 5.27. The van der Waals surface area contributed by atoms with Gasteiger partial charge in [0, 0.05) is 17.5 Å². The van der Waals surface area contributed by atoms with E-state index in [1.54, 1.807) is 0 Å². The highest BCUT2D eigenvalue weighted by Crippen LogP contribution is 2.13. The lowest BCUT2D eigenvalue weighted by Crippen LogP contribution is -2.51. The van der Waals surface area contributed by atoms with Gasteiger partial charge in [-0.1, -0.05) is 20.8 Å². The average Bonchev–Trinajstić information content (AvgIpc) is 1.99. The molecule has 0 aliphatic heterocycles. The quantitative estimate of drug-likeness (QED) is 0.758. The molecule has 0 fully saturated rings. The maximum absolute atomic E-state index is 11.8. The molecule has 0 radical (unpaired) electrons. The first-order valence-corrected chi connectivity index (χ1v) is 6.12. The van der Waals surface area contributed by atoms with E-state index in [9.17, 15) is 4.79 Å². The van der Waals surface area contributed by atoms with E-state index < -0.39 is 5.41 Å². The van der Waals surface area contributed by atoms with Crippen LogP contribution in [0.25, 0.3) is 0 Å². The van der Waals surface area contributed by atoms with E-state index in [0.29, 0.717) is 5.11 Å². The number of thiocarbonyl (C=S) groups is 1. The lowest BCUT2D eigenvalue weighted by molar-refractivity contribution is -0.127. The number of carbonyl (C=O) groups excluding carboxylic acids is 1. The van der Waals surface area contributed by atoms with Crippen molar-refractivity contribution in [3.8, 4) is 0 Å². The Morgan fingerprint density at radius 3 is 1.75 bits per heavy atom. The molecular formula is C12H24N2OS. The third-order valence-electron chi connectivity index (χ3n) is 2.25. The minimum absolute atomic E-state index is 0.0381. The lowest BCUT2D eigenvalue weighted by Gasteiger charge is -2.34. The molecule has 0 spiro atoms. The highest BCUT2D eigenvalue weighted by molar-refractivity contribution is 7.80. The molecule has 94 valence electrons. The second-order valence-electron chi connectivity index (χ2n) is 5.60. The third kappa shape index (κ3) is 4.47. The van der Waals surface area contributed by atoms with Crippen molar-refractivity contribution < 1.29 is 4.79 Å². The van der Waals surface area contributed by atoms with Gasteiger partial charge in [-0.3, -0.25) is 4.79 Å². The van der Waals surface area contributed by atoms with Crippen LogP contribution in [0, 0.1) is 5.41 Å². The van der Waals surface area contributed by atoms with E-state index in [1.165, 1.54) is 0 Å². The Labute approximate surface area is 105 Å². The highest BCUT2D eigenvalue weighted by Gasteiger charge is 2.25. The van der Waals surface area contributed by atoms with Gasteiger partial charge in [-0.15, -0.1) is 0 Å². The van der Waals surface area contributed by atoms with Crippen molar-refractivity contribution in [1.29, 1.82) is 0 Å². The van der Waals surface area contributed by atoms with Gasteiger partial charge >= 0.3 is 0 Å². The number of hydrogen-bond donors (Lipinski definition) is 1. The van der Waals surface area contributed by atoms with Crippen LogP contribution < -0.4 is 5.32 Å². The predicted octanol–water partition coefficient (Wildman–Crippen LogP) is 2.55. The fraction of sp³-hybridized carbons (Fsp3) is 0.833. The standard InChI is InChI=1S/C12H24N2OS/c1-8(2)14(9(3)4)11(16)13-10(15)12(5,6)7/h8-9H,1-7H3,(H,13,15,16). The molecule has 0 atom stereocenters. The first-order chi connectivity index (χ1) is 7.07. The summed E-state index contributed by atoms with van der Waals surface area (Å²) in [6.07, 6.45) is 0. The van der Waals surface area contributed by atoms with Crippen LogP contribution >= 0.6 is 12.2 Å². The molecule has 0 heterocycles. The van der Waals surface area contributed by atoms with Crippen molar-refractivity contribution in [3.05, 3.63) is 0 Å². The first kappa shape index (κ1) is 15.4. The zero-order valence-electron chi connectivity index (χ0n) is 11.4. The van der Waals surface area contributed by atoms with Crippen molar-refractivity contribution in [2.75, 3.05) is 0 Å². The molecule has 0 aromatic carbocycles. The summed E-state index contributed by atoms with van der Waals surface area (Å²) in [5.74, 6) is -0.0381. The largest absolute Gasteiger partial charge is 0.344 e. The number of amides is 1. The van der Waals surface area contributed by atoms with Crippen molar-refractivity contribution >= 4 is 23.2 Å². The summed E-state index contributed by atoms with van der Waals surface area (Å²) in [6, 6.07) is 0.570. The second-order valence-corrected chi connectivity index (χ2v) is 5.99. The van der Waals surface area contributed by atoms with Crippen LogP contribution in [-0.2, 0) is 4.79 Å². The fourth-order valence-corrected chi connectivity index (χ4v) is 1.93. The van der Waals surface area contributed by atoms with Crippen LogP contribution in [0.3, 0.4) is 0 Å². The van der Waals surface area contributed by atoms with E-state index in [4.69, 9.17) is 12.2 Å². The molecule has 0 aliphatic carbocycles. The van der Waals surface area contributed by atoms with Crippen LogP contribution in [-0.4, -0.2) is 28.0 Å². The maximum Gasteiger partial charge on any atom is 0.231 e. The molecule has 16 heavy (non-hydrogen) atoms. The minimum Gasteiger partial charge on any atom is -0.344 e. The summed E-state index contributed by atoms with van der Waals surface area (Å²) < 4.78 is 0. The predicted molar refractivity (Wildman–Crippen MR) is 72.3 cm³/mol. The summed E-state index contributed by atoms with van der Waals surface area (Å²) in [6.45, 7) is 13.9. The van der Waals surface area contributed by atoms with Gasteiger partial charge in [0.15, 0.2) is 5.11 Å². The van der Waals surface area contributed by atoms with E-state index in [0.717, 1.165) is 0 Å². The van der Waals surface area contributed by atoms with Crippen molar-refractivity contribution in [3.63, 3.8) is 0 Å². The molecule has 0 rings (SSSR count). The lowest BCUT2D eigenvalue weighted by atomic mass is 9.96. The molecule has 0 aliphatic rings. The van der Waals surface area contributed by atoms with Crippen molar-refractivity contribution in [2.45, 2.75) is 60.5 Å². The Kier molecular flexibility index (Phi) is 5.39.